The molecule has 1 fully saturated rings. The summed E-state index contributed by atoms with van der Waals surface area (Å²) in [5.41, 5.74) is 0. The van der Waals surface area contributed by atoms with E-state index in [2.05, 4.69) is 0 Å². The zero-order valence-electron chi connectivity index (χ0n) is 10.9. The van der Waals surface area contributed by atoms with Crippen molar-refractivity contribution in [2.24, 2.45) is 0 Å². The van der Waals surface area contributed by atoms with Gasteiger partial charge in [0.2, 0.25) is 11.8 Å². The molecule has 0 N–H and O–H groups in total. The van der Waals surface area contributed by atoms with E-state index in [0.717, 1.165) is 21.5 Å². The van der Waals surface area contributed by atoms with Gasteiger partial charge in [0, 0.05) is 13.1 Å². The number of hydrogen-bond donors (Lipinski definition) is 0. The highest BCUT2D eigenvalue weighted by atomic mass is 32.2. The van der Waals surface area contributed by atoms with E-state index in [1.54, 1.807) is 0 Å². The van der Waals surface area contributed by atoms with E-state index in [9.17, 15) is 18.0 Å². The van der Waals surface area contributed by atoms with Gasteiger partial charge >= 0.3 is 10.2 Å². The van der Waals surface area contributed by atoms with Crippen molar-refractivity contribution in [3.05, 3.63) is 0 Å². The lowest BCUT2D eigenvalue weighted by Gasteiger charge is -2.34. The Bertz CT molecular complexity index is 387. The highest BCUT2D eigenvalue weighted by Gasteiger charge is 2.41. The van der Waals surface area contributed by atoms with Crippen LogP contribution in [0, 0.1) is 0 Å². The summed E-state index contributed by atoms with van der Waals surface area (Å²) in [6, 6.07) is 0. The van der Waals surface area contributed by atoms with Gasteiger partial charge in [0.15, 0.2) is 0 Å². The van der Waals surface area contributed by atoms with Crippen LogP contribution < -0.4 is 0 Å². The van der Waals surface area contributed by atoms with E-state index in [1.165, 1.54) is 0 Å². The first kappa shape index (κ1) is 14.9. The minimum atomic E-state index is -3.94. The SMILES string of the molecule is CCCCN1C(=O)CC(=O)N(CCCC)S1(=O)=O. The first-order valence-corrected chi connectivity index (χ1v) is 7.70. The predicted octanol–water partition coefficient (Wildman–Crippen LogP) is 0.892. The van der Waals surface area contributed by atoms with Gasteiger partial charge in [0.05, 0.1) is 0 Å². The normalized spacial score (nSPS) is 19.4. The maximum absolute atomic E-state index is 12.2. The molecule has 1 aliphatic rings. The minimum absolute atomic E-state index is 0.160. The third kappa shape index (κ3) is 3.01. The Kier molecular flexibility index (Phi) is 5.13. The van der Waals surface area contributed by atoms with Crippen molar-refractivity contribution in [2.75, 3.05) is 13.1 Å². The summed E-state index contributed by atoms with van der Waals surface area (Å²) in [5.74, 6) is -1.22. The molecule has 1 saturated heterocycles. The minimum Gasteiger partial charge on any atom is -0.273 e. The molecule has 104 valence electrons. The average molecular weight is 276 g/mol. The lowest BCUT2D eigenvalue weighted by molar-refractivity contribution is -0.138. The van der Waals surface area contributed by atoms with Crippen LogP contribution in [0.25, 0.3) is 0 Å². The van der Waals surface area contributed by atoms with Gasteiger partial charge in [-0.1, -0.05) is 26.7 Å². The maximum atomic E-state index is 12.2. The molecule has 0 atom stereocenters. The van der Waals surface area contributed by atoms with Gasteiger partial charge in [0.25, 0.3) is 0 Å². The van der Waals surface area contributed by atoms with Crippen molar-refractivity contribution in [2.45, 2.75) is 46.0 Å². The average Bonchev–Trinajstić information content (AvgIpc) is 2.27. The fourth-order valence-corrected chi connectivity index (χ4v) is 3.37. The van der Waals surface area contributed by atoms with Crippen LogP contribution in [0.4, 0.5) is 0 Å². The Morgan fingerprint density at radius 1 is 0.944 bits per heavy atom. The summed E-state index contributed by atoms with van der Waals surface area (Å²) >= 11 is 0. The van der Waals surface area contributed by atoms with Crippen LogP contribution >= 0.6 is 0 Å². The molecule has 0 saturated carbocycles. The van der Waals surface area contributed by atoms with E-state index < -0.39 is 22.0 Å². The number of carbonyl (C=O) groups excluding carboxylic acids is 2. The zero-order valence-corrected chi connectivity index (χ0v) is 11.7. The Hall–Kier alpha value is -1.11. The van der Waals surface area contributed by atoms with Crippen LogP contribution in [-0.2, 0) is 19.8 Å². The smallest absolute Gasteiger partial charge is 0.273 e. The third-order valence-electron chi connectivity index (χ3n) is 2.85. The highest BCUT2D eigenvalue weighted by molar-refractivity contribution is 7.88. The molecule has 6 nitrogen and oxygen atoms in total. The molecule has 1 rings (SSSR count). The summed E-state index contributed by atoms with van der Waals surface area (Å²) in [5, 5.41) is 0. The summed E-state index contributed by atoms with van der Waals surface area (Å²) in [6.07, 6.45) is 2.47. The van der Waals surface area contributed by atoms with E-state index in [0.29, 0.717) is 12.8 Å². The van der Waals surface area contributed by atoms with Crippen LogP contribution in [0.2, 0.25) is 0 Å². The monoisotopic (exact) mass is 276 g/mol. The molecule has 0 aromatic heterocycles. The summed E-state index contributed by atoms with van der Waals surface area (Å²) in [7, 11) is -3.94. The first-order chi connectivity index (χ1) is 8.45. The summed E-state index contributed by atoms with van der Waals surface area (Å²) in [4.78, 5) is 23.3. The number of rotatable bonds is 6. The topological polar surface area (TPSA) is 74.8 Å². The molecular formula is C11H20N2O4S. The Morgan fingerprint density at radius 2 is 1.33 bits per heavy atom. The first-order valence-electron chi connectivity index (χ1n) is 6.31. The third-order valence-corrected chi connectivity index (χ3v) is 4.73. The largest absolute Gasteiger partial charge is 0.330 e. The van der Waals surface area contributed by atoms with Gasteiger partial charge in [0.1, 0.15) is 6.42 Å². The number of hydrogen-bond acceptors (Lipinski definition) is 4. The molecule has 0 spiro atoms. The number of unbranched alkanes of at least 4 members (excludes halogenated alkanes) is 2. The molecule has 1 heterocycles. The number of nitrogens with zero attached hydrogens (tertiary/aromatic N) is 2. The van der Waals surface area contributed by atoms with Gasteiger partial charge in [-0.25, -0.2) is 8.61 Å². The molecule has 18 heavy (non-hydrogen) atoms. The van der Waals surface area contributed by atoms with E-state index >= 15 is 0 Å². The molecule has 0 bridgehead atoms. The van der Waals surface area contributed by atoms with Crippen molar-refractivity contribution in [1.29, 1.82) is 0 Å². The quantitative estimate of drug-likeness (QED) is 0.675. The fourth-order valence-electron chi connectivity index (χ4n) is 1.77. The van der Waals surface area contributed by atoms with Crippen LogP contribution in [0.15, 0.2) is 0 Å². The van der Waals surface area contributed by atoms with Gasteiger partial charge in [-0.2, -0.15) is 8.42 Å². The van der Waals surface area contributed by atoms with Crippen molar-refractivity contribution in [1.82, 2.24) is 8.61 Å². The van der Waals surface area contributed by atoms with Crippen LogP contribution in [-0.4, -0.2) is 41.9 Å². The highest BCUT2D eigenvalue weighted by Crippen LogP contribution is 2.19. The molecule has 0 unspecified atom stereocenters. The molecular weight excluding hydrogens is 256 g/mol. The fraction of sp³-hybridized carbons (Fsp3) is 0.818. The van der Waals surface area contributed by atoms with E-state index in [4.69, 9.17) is 0 Å². The lowest BCUT2D eigenvalue weighted by atomic mass is 10.3. The van der Waals surface area contributed by atoms with E-state index in [-0.39, 0.29) is 19.5 Å². The Labute approximate surface area is 108 Å². The second-order valence-electron chi connectivity index (χ2n) is 4.32. The number of amides is 2. The van der Waals surface area contributed by atoms with E-state index in [1.807, 2.05) is 13.8 Å². The van der Waals surface area contributed by atoms with Crippen LogP contribution in [0.3, 0.4) is 0 Å². The Morgan fingerprint density at radius 3 is 1.67 bits per heavy atom. The van der Waals surface area contributed by atoms with Crippen molar-refractivity contribution in [3.63, 3.8) is 0 Å². The van der Waals surface area contributed by atoms with Gasteiger partial charge < -0.3 is 0 Å². The predicted molar refractivity (Wildman–Crippen MR) is 66.8 cm³/mol. The second kappa shape index (κ2) is 6.17. The molecule has 0 aromatic rings. The molecule has 0 aromatic carbocycles. The van der Waals surface area contributed by atoms with Crippen molar-refractivity contribution >= 4 is 22.0 Å². The lowest BCUT2D eigenvalue weighted by Crippen LogP contribution is -2.55. The van der Waals surface area contributed by atoms with Crippen molar-refractivity contribution in [3.8, 4) is 0 Å². The molecule has 0 radical (unpaired) electrons. The second-order valence-corrected chi connectivity index (χ2v) is 6.10. The van der Waals surface area contributed by atoms with Crippen LogP contribution in [0.1, 0.15) is 46.0 Å². The molecule has 1 aliphatic heterocycles. The van der Waals surface area contributed by atoms with Gasteiger partial charge in [-0.05, 0) is 12.8 Å². The zero-order chi connectivity index (χ0) is 13.8. The molecule has 2 amide bonds. The van der Waals surface area contributed by atoms with Gasteiger partial charge in [-0.3, -0.25) is 9.59 Å². The van der Waals surface area contributed by atoms with Gasteiger partial charge in [-0.15, -0.1) is 0 Å². The number of carbonyl (C=O) groups is 2. The standard InChI is InChI=1S/C11H20N2O4S/c1-3-5-7-12-10(14)9-11(15)13(8-6-4-2)18(12,16)17/h3-9H2,1-2H3. The summed E-state index contributed by atoms with van der Waals surface area (Å²) in [6.45, 7) is 4.16. The molecule has 0 aliphatic carbocycles. The molecule has 7 heteroatoms. The van der Waals surface area contributed by atoms with Crippen LogP contribution in [0.5, 0.6) is 0 Å². The Balaban J connectivity index is 2.92. The maximum Gasteiger partial charge on any atom is 0.330 e. The van der Waals surface area contributed by atoms with Crippen molar-refractivity contribution < 1.29 is 18.0 Å². The summed E-state index contributed by atoms with van der Waals surface area (Å²) < 4.78 is 26.0.